The summed E-state index contributed by atoms with van der Waals surface area (Å²) in [4.78, 5) is 6.50. The fourth-order valence-corrected chi connectivity index (χ4v) is 1.69. The fourth-order valence-electron chi connectivity index (χ4n) is 1.69. The lowest BCUT2D eigenvalue weighted by molar-refractivity contribution is 0.414. The largest absolute Gasteiger partial charge is 0.497 e. The SMILES string of the molecule is COc1cccc(CNC2=NCCN2C)c1.I. The van der Waals surface area contributed by atoms with Crippen molar-refractivity contribution in [1.29, 1.82) is 0 Å². The van der Waals surface area contributed by atoms with E-state index in [9.17, 15) is 0 Å². The summed E-state index contributed by atoms with van der Waals surface area (Å²) in [6.45, 7) is 2.66. The summed E-state index contributed by atoms with van der Waals surface area (Å²) in [5, 5.41) is 3.32. The van der Waals surface area contributed by atoms with Crippen LogP contribution < -0.4 is 10.1 Å². The first kappa shape index (κ1) is 14.1. The molecule has 1 N–H and O–H groups in total. The van der Waals surface area contributed by atoms with E-state index in [1.165, 1.54) is 5.56 Å². The molecule has 1 aromatic rings. The third kappa shape index (κ3) is 3.76. The standard InChI is InChI=1S/C12H17N3O.HI/c1-15-7-6-13-12(15)14-9-10-4-3-5-11(8-10)16-2;/h3-5,8H,6-7,9H2,1-2H3,(H,13,14);1H. The summed E-state index contributed by atoms with van der Waals surface area (Å²) in [6, 6.07) is 8.05. The van der Waals surface area contributed by atoms with Crippen molar-refractivity contribution in [3.8, 4) is 5.75 Å². The summed E-state index contributed by atoms with van der Waals surface area (Å²) in [5.74, 6) is 1.86. The summed E-state index contributed by atoms with van der Waals surface area (Å²) < 4.78 is 5.18. The maximum atomic E-state index is 5.18. The maximum Gasteiger partial charge on any atom is 0.194 e. The predicted molar refractivity (Wildman–Crippen MR) is 80.2 cm³/mol. The van der Waals surface area contributed by atoms with E-state index in [0.717, 1.165) is 31.3 Å². The van der Waals surface area contributed by atoms with Gasteiger partial charge < -0.3 is 15.0 Å². The van der Waals surface area contributed by atoms with Gasteiger partial charge in [-0.25, -0.2) is 0 Å². The van der Waals surface area contributed by atoms with Gasteiger partial charge in [-0.05, 0) is 17.7 Å². The van der Waals surface area contributed by atoms with Crippen molar-refractivity contribution in [2.45, 2.75) is 6.54 Å². The predicted octanol–water partition coefficient (Wildman–Crippen LogP) is 1.70. The molecule has 0 saturated carbocycles. The monoisotopic (exact) mass is 347 g/mol. The Kier molecular flexibility index (Phi) is 5.54. The van der Waals surface area contributed by atoms with Gasteiger partial charge in [0.2, 0.25) is 0 Å². The molecule has 2 rings (SSSR count). The van der Waals surface area contributed by atoms with E-state index in [0.29, 0.717) is 0 Å². The number of hydrogen-bond donors (Lipinski definition) is 1. The van der Waals surface area contributed by atoms with E-state index in [4.69, 9.17) is 4.74 Å². The molecule has 94 valence electrons. The first-order valence-corrected chi connectivity index (χ1v) is 5.42. The number of aliphatic imine (C=N–C) groups is 1. The zero-order chi connectivity index (χ0) is 11.4. The highest BCUT2D eigenvalue weighted by Gasteiger charge is 2.11. The van der Waals surface area contributed by atoms with Crippen molar-refractivity contribution in [1.82, 2.24) is 10.2 Å². The molecule has 0 spiro atoms. The third-order valence-corrected chi connectivity index (χ3v) is 2.64. The maximum absolute atomic E-state index is 5.18. The van der Waals surface area contributed by atoms with Crippen LogP contribution in [0.4, 0.5) is 0 Å². The first-order valence-electron chi connectivity index (χ1n) is 5.42. The second kappa shape index (κ2) is 6.68. The molecule has 0 amide bonds. The lowest BCUT2D eigenvalue weighted by atomic mass is 10.2. The Labute approximate surface area is 119 Å². The molecular formula is C12H18IN3O. The molecule has 1 heterocycles. The second-order valence-electron chi connectivity index (χ2n) is 3.83. The molecule has 0 fully saturated rings. The van der Waals surface area contributed by atoms with Gasteiger partial charge in [0, 0.05) is 20.1 Å². The summed E-state index contributed by atoms with van der Waals surface area (Å²) in [7, 11) is 3.73. The molecule has 0 bridgehead atoms. The van der Waals surface area contributed by atoms with Crippen LogP contribution in [0, 0.1) is 0 Å². The van der Waals surface area contributed by atoms with E-state index >= 15 is 0 Å². The number of ether oxygens (including phenoxy) is 1. The summed E-state index contributed by atoms with van der Waals surface area (Å²) >= 11 is 0. The molecule has 0 saturated heterocycles. The molecule has 0 radical (unpaired) electrons. The minimum Gasteiger partial charge on any atom is -0.497 e. The molecule has 0 aliphatic carbocycles. The highest BCUT2D eigenvalue weighted by atomic mass is 127. The van der Waals surface area contributed by atoms with Crippen molar-refractivity contribution in [3.05, 3.63) is 29.8 Å². The van der Waals surface area contributed by atoms with Crippen LogP contribution in [-0.2, 0) is 6.54 Å². The minimum atomic E-state index is 0. The van der Waals surface area contributed by atoms with Crippen LogP contribution in [0.15, 0.2) is 29.3 Å². The Bertz CT molecular complexity index is 395. The first-order chi connectivity index (χ1) is 7.79. The normalized spacial score (nSPS) is 14.0. The van der Waals surface area contributed by atoms with Crippen LogP contribution in [-0.4, -0.2) is 38.1 Å². The van der Waals surface area contributed by atoms with Crippen molar-refractivity contribution in [2.75, 3.05) is 27.2 Å². The van der Waals surface area contributed by atoms with Crippen molar-refractivity contribution >= 4 is 29.9 Å². The molecule has 1 aromatic carbocycles. The Morgan fingerprint density at radius 2 is 2.29 bits per heavy atom. The van der Waals surface area contributed by atoms with Gasteiger partial charge in [-0.3, -0.25) is 4.99 Å². The van der Waals surface area contributed by atoms with Crippen molar-refractivity contribution < 1.29 is 4.74 Å². The van der Waals surface area contributed by atoms with Crippen molar-refractivity contribution in [2.24, 2.45) is 4.99 Å². The highest BCUT2D eigenvalue weighted by molar-refractivity contribution is 14.0. The van der Waals surface area contributed by atoms with Gasteiger partial charge in [0.15, 0.2) is 5.96 Å². The van der Waals surface area contributed by atoms with Crippen LogP contribution in [0.1, 0.15) is 5.56 Å². The molecule has 4 nitrogen and oxygen atoms in total. The number of halogens is 1. The van der Waals surface area contributed by atoms with Gasteiger partial charge in [0.1, 0.15) is 5.75 Å². The zero-order valence-corrected chi connectivity index (χ0v) is 12.5. The number of nitrogens with one attached hydrogen (secondary N) is 1. The summed E-state index contributed by atoms with van der Waals surface area (Å²) in [6.07, 6.45) is 0. The Morgan fingerprint density at radius 1 is 1.47 bits per heavy atom. The average molecular weight is 347 g/mol. The zero-order valence-electron chi connectivity index (χ0n) is 10.1. The van der Waals surface area contributed by atoms with E-state index in [-0.39, 0.29) is 24.0 Å². The van der Waals surface area contributed by atoms with Crippen molar-refractivity contribution in [3.63, 3.8) is 0 Å². The van der Waals surface area contributed by atoms with Gasteiger partial charge in [0.25, 0.3) is 0 Å². The minimum absolute atomic E-state index is 0. The number of methoxy groups -OCH3 is 1. The molecule has 0 atom stereocenters. The molecule has 0 aromatic heterocycles. The highest BCUT2D eigenvalue weighted by Crippen LogP contribution is 2.12. The van der Waals surface area contributed by atoms with E-state index < -0.39 is 0 Å². The average Bonchev–Trinajstić information content (AvgIpc) is 2.72. The lowest BCUT2D eigenvalue weighted by Crippen LogP contribution is -2.35. The number of benzene rings is 1. The van der Waals surface area contributed by atoms with Crippen LogP contribution in [0.5, 0.6) is 5.75 Å². The number of rotatable bonds is 3. The molecule has 0 unspecified atom stereocenters. The molecule has 5 heteroatoms. The van der Waals surface area contributed by atoms with E-state index in [2.05, 4.69) is 21.3 Å². The molecule has 1 aliphatic rings. The fraction of sp³-hybridized carbons (Fsp3) is 0.417. The lowest BCUT2D eigenvalue weighted by Gasteiger charge is -2.15. The van der Waals surface area contributed by atoms with Crippen LogP contribution in [0.3, 0.4) is 0 Å². The van der Waals surface area contributed by atoms with Gasteiger partial charge in [-0.1, -0.05) is 12.1 Å². The quantitative estimate of drug-likeness (QED) is 0.846. The molecular weight excluding hydrogens is 329 g/mol. The number of likely N-dealkylation sites (N-methyl/N-ethyl adjacent to an activating group) is 1. The van der Waals surface area contributed by atoms with Crippen LogP contribution in [0.25, 0.3) is 0 Å². The van der Waals surface area contributed by atoms with E-state index in [1.54, 1.807) is 7.11 Å². The second-order valence-corrected chi connectivity index (χ2v) is 3.83. The van der Waals surface area contributed by atoms with E-state index in [1.807, 2.05) is 25.2 Å². The summed E-state index contributed by atoms with van der Waals surface area (Å²) in [5.41, 5.74) is 1.20. The number of guanidine groups is 1. The number of hydrogen-bond acceptors (Lipinski definition) is 4. The van der Waals surface area contributed by atoms with Crippen LogP contribution in [0.2, 0.25) is 0 Å². The van der Waals surface area contributed by atoms with Gasteiger partial charge in [-0.2, -0.15) is 0 Å². The smallest absolute Gasteiger partial charge is 0.194 e. The van der Waals surface area contributed by atoms with Gasteiger partial charge in [0.05, 0.1) is 13.7 Å². The number of nitrogens with zero attached hydrogens (tertiary/aromatic N) is 2. The molecule has 17 heavy (non-hydrogen) atoms. The Morgan fingerprint density at radius 3 is 2.94 bits per heavy atom. The molecule has 1 aliphatic heterocycles. The van der Waals surface area contributed by atoms with Gasteiger partial charge >= 0.3 is 0 Å². The Hall–Kier alpha value is -0.980. The third-order valence-electron chi connectivity index (χ3n) is 2.64. The Balaban J connectivity index is 0.00000144. The van der Waals surface area contributed by atoms with Gasteiger partial charge in [-0.15, -0.1) is 24.0 Å². The van der Waals surface area contributed by atoms with Crippen LogP contribution >= 0.6 is 24.0 Å². The topological polar surface area (TPSA) is 36.9 Å².